The van der Waals surface area contributed by atoms with Gasteiger partial charge in [0, 0.05) is 0 Å². The van der Waals surface area contributed by atoms with Crippen LogP contribution < -0.4 is 0 Å². The molecule has 0 nitrogen and oxygen atoms in total. The quantitative estimate of drug-likeness (QED) is 0.223. The Labute approximate surface area is 202 Å². The van der Waals surface area contributed by atoms with Gasteiger partial charge in [0.15, 0.2) is 0 Å². The summed E-state index contributed by atoms with van der Waals surface area (Å²) in [5.41, 5.74) is 8.59. The zero-order valence-electron chi connectivity index (χ0n) is 16.4. The standard InChI is InChI=1S/C27H18Cl4/c28-25(29)17-9-13-19(14-10-17)27(20-15-11-18(12-16-20)26(30)31)23-7-3-1-5-21(23)22-6-2-4-8-24(22)27/h1-16,25-26H. The van der Waals surface area contributed by atoms with Crippen molar-refractivity contribution in [3.05, 3.63) is 130 Å². The first-order valence-electron chi connectivity index (χ1n) is 10.00. The molecule has 0 bridgehead atoms. The van der Waals surface area contributed by atoms with Crippen LogP contribution in [0.3, 0.4) is 0 Å². The third-order valence-corrected chi connectivity index (χ3v) is 7.15. The fraction of sp³-hybridized carbons (Fsp3) is 0.111. The molecule has 0 aliphatic heterocycles. The van der Waals surface area contributed by atoms with Gasteiger partial charge in [-0.1, -0.05) is 97.1 Å². The summed E-state index contributed by atoms with van der Waals surface area (Å²) in [5, 5.41) is 0. The molecule has 0 unspecified atom stereocenters. The Morgan fingerprint density at radius 3 is 1.16 bits per heavy atom. The molecular formula is C27H18Cl4. The molecule has 0 saturated carbocycles. The molecule has 0 fully saturated rings. The molecule has 0 aromatic heterocycles. The topological polar surface area (TPSA) is 0 Å². The van der Waals surface area contributed by atoms with Crippen LogP contribution in [0.1, 0.15) is 43.1 Å². The zero-order valence-corrected chi connectivity index (χ0v) is 19.4. The first-order valence-corrected chi connectivity index (χ1v) is 11.7. The van der Waals surface area contributed by atoms with E-state index in [1.807, 2.05) is 24.3 Å². The van der Waals surface area contributed by atoms with Crippen molar-refractivity contribution in [3.63, 3.8) is 0 Å². The lowest BCUT2D eigenvalue weighted by molar-refractivity contribution is 0.767. The molecule has 4 heteroatoms. The number of halogens is 4. The minimum Gasteiger partial charge on any atom is -0.100 e. The molecular weight excluding hydrogens is 466 g/mol. The van der Waals surface area contributed by atoms with Crippen molar-refractivity contribution in [3.8, 4) is 11.1 Å². The Balaban J connectivity index is 1.84. The second-order valence-electron chi connectivity index (χ2n) is 7.69. The smallest absolute Gasteiger partial charge is 0.100 e. The zero-order chi connectivity index (χ0) is 21.6. The van der Waals surface area contributed by atoms with Crippen LogP contribution in [0, 0.1) is 0 Å². The molecule has 0 N–H and O–H groups in total. The van der Waals surface area contributed by atoms with Crippen molar-refractivity contribution in [2.75, 3.05) is 0 Å². The van der Waals surface area contributed by atoms with Gasteiger partial charge >= 0.3 is 0 Å². The number of fused-ring (bicyclic) bond motifs is 3. The number of rotatable bonds is 4. The first-order chi connectivity index (χ1) is 15.0. The Hall–Kier alpha value is -1.96. The van der Waals surface area contributed by atoms with Crippen molar-refractivity contribution < 1.29 is 0 Å². The minimum atomic E-state index is -0.559. The number of benzene rings is 4. The average molecular weight is 484 g/mol. The van der Waals surface area contributed by atoms with E-state index < -0.39 is 15.1 Å². The van der Waals surface area contributed by atoms with Gasteiger partial charge in [-0.05, 0) is 44.5 Å². The summed E-state index contributed by atoms with van der Waals surface area (Å²) in [4.78, 5) is -1.12. The van der Waals surface area contributed by atoms with Crippen LogP contribution >= 0.6 is 46.4 Å². The molecule has 0 amide bonds. The van der Waals surface area contributed by atoms with E-state index in [0.29, 0.717) is 0 Å². The normalized spacial score (nSPS) is 14.0. The highest BCUT2D eigenvalue weighted by atomic mass is 35.5. The maximum atomic E-state index is 6.12. The Morgan fingerprint density at radius 2 is 0.806 bits per heavy atom. The van der Waals surface area contributed by atoms with E-state index in [2.05, 4.69) is 72.8 Å². The van der Waals surface area contributed by atoms with Gasteiger partial charge in [-0.25, -0.2) is 0 Å². The summed E-state index contributed by atoms with van der Waals surface area (Å²) in [6, 6.07) is 33.8. The third-order valence-electron chi connectivity index (χ3n) is 6.14. The predicted molar refractivity (Wildman–Crippen MR) is 133 cm³/mol. The molecule has 154 valence electrons. The maximum Gasteiger partial charge on any atom is 0.132 e. The van der Waals surface area contributed by atoms with E-state index in [0.717, 1.165) is 22.3 Å². The van der Waals surface area contributed by atoms with Gasteiger partial charge in [-0.2, -0.15) is 0 Å². The van der Waals surface area contributed by atoms with Gasteiger partial charge in [0.05, 0.1) is 5.41 Å². The molecule has 1 aliphatic rings. The summed E-state index contributed by atoms with van der Waals surface area (Å²) in [6.07, 6.45) is 0. The van der Waals surface area contributed by atoms with Crippen LogP contribution in [-0.4, -0.2) is 0 Å². The molecule has 4 aromatic rings. The largest absolute Gasteiger partial charge is 0.132 e. The molecule has 31 heavy (non-hydrogen) atoms. The maximum absolute atomic E-state index is 6.12. The van der Waals surface area contributed by atoms with Gasteiger partial charge in [-0.15, -0.1) is 46.4 Å². The van der Waals surface area contributed by atoms with Gasteiger partial charge < -0.3 is 0 Å². The Morgan fingerprint density at radius 1 is 0.452 bits per heavy atom. The van der Waals surface area contributed by atoms with Crippen molar-refractivity contribution in [1.82, 2.24) is 0 Å². The highest BCUT2D eigenvalue weighted by Crippen LogP contribution is 2.56. The summed E-state index contributed by atoms with van der Waals surface area (Å²) in [6.45, 7) is 0. The molecule has 1 aliphatic carbocycles. The molecule has 0 saturated heterocycles. The van der Waals surface area contributed by atoms with Crippen molar-refractivity contribution >= 4 is 46.4 Å². The number of hydrogen-bond donors (Lipinski definition) is 0. The molecule has 0 spiro atoms. The minimum absolute atomic E-state index is 0.466. The Bertz CT molecular complexity index is 1130. The van der Waals surface area contributed by atoms with E-state index in [4.69, 9.17) is 46.4 Å². The fourth-order valence-corrected chi connectivity index (χ4v) is 5.36. The van der Waals surface area contributed by atoms with Crippen LogP contribution in [-0.2, 0) is 5.41 Å². The molecule has 5 rings (SSSR count). The summed E-state index contributed by atoms with van der Waals surface area (Å²) >= 11 is 24.5. The van der Waals surface area contributed by atoms with Crippen molar-refractivity contribution in [1.29, 1.82) is 0 Å². The Kier molecular flexibility index (Phi) is 5.52. The van der Waals surface area contributed by atoms with Crippen molar-refractivity contribution in [2.24, 2.45) is 0 Å². The van der Waals surface area contributed by atoms with E-state index >= 15 is 0 Å². The summed E-state index contributed by atoms with van der Waals surface area (Å²) in [7, 11) is 0. The van der Waals surface area contributed by atoms with E-state index in [9.17, 15) is 0 Å². The van der Waals surface area contributed by atoms with E-state index in [1.165, 1.54) is 22.3 Å². The SMILES string of the molecule is ClC(Cl)c1ccc(C2(c3ccc(C(Cl)Cl)cc3)c3ccccc3-c3ccccc32)cc1. The first kappa shape index (κ1) is 20.9. The van der Waals surface area contributed by atoms with E-state index in [-0.39, 0.29) is 0 Å². The number of alkyl halides is 4. The van der Waals surface area contributed by atoms with Crippen LogP contribution in [0.5, 0.6) is 0 Å². The number of hydrogen-bond acceptors (Lipinski definition) is 0. The van der Waals surface area contributed by atoms with Crippen LogP contribution in [0.4, 0.5) is 0 Å². The lowest BCUT2D eigenvalue weighted by Gasteiger charge is -2.34. The highest BCUT2D eigenvalue weighted by molar-refractivity contribution is 6.44. The predicted octanol–water partition coefficient (Wildman–Crippen LogP) is 9.00. The van der Waals surface area contributed by atoms with Crippen LogP contribution in [0.2, 0.25) is 0 Å². The second-order valence-corrected chi connectivity index (χ2v) is 9.88. The molecule has 0 atom stereocenters. The second kappa shape index (κ2) is 8.19. The van der Waals surface area contributed by atoms with Gasteiger partial charge in [0.1, 0.15) is 9.67 Å². The highest BCUT2D eigenvalue weighted by Gasteiger charge is 2.45. The summed E-state index contributed by atoms with van der Waals surface area (Å²) < 4.78 is 0. The fourth-order valence-electron chi connectivity index (χ4n) is 4.78. The van der Waals surface area contributed by atoms with Gasteiger partial charge in [0.25, 0.3) is 0 Å². The lowest BCUT2D eigenvalue weighted by atomic mass is 9.67. The van der Waals surface area contributed by atoms with Crippen LogP contribution in [0.25, 0.3) is 11.1 Å². The van der Waals surface area contributed by atoms with Gasteiger partial charge in [0.2, 0.25) is 0 Å². The van der Waals surface area contributed by atoms with Crippen LogP contribution in [0.15, 0.2) is 97.1 Å². The van der Waals surface area contributed by atoms with Crippen molar-refractivity contribution in [2.45, 2.75) is 15.1 Å². The summed E-state index contributed by atoms with van der Waals surface area (Å²) in [5.74, 6) is 0. The monoisotopic (exact) mass is 482 g/mol. The third kappa shape index (κ3) is 3.29. The molecule has 4 aromatic carbocycles. The average Bonchev–Trinajstić information content (AvgIpc) is 3.11. The lowest BCUT2D eigenvalue weighted by Crippen LogP contribution is -2.28. The molecule has 0 heterocycles. The van der Waals surface area contributed by atoms with E-state index in [1.54, 1.807) is 0 Å². The van der Waals surface area contributed by atoms with Gasteiger partial charge in [-0.3, -0.25) is 0 Å². The molecule has 0 radical (unpaired) electrons.